The second kappa shape index (κ2) is 9.68. The number of hydrogen-bond donors (Lipinski definition) is 1. The molecule has 2 rings (SSSR count). The average molecular weight is 324 g/mol. The molecule has 2 aromatic carbocycles. The minimum absolute atomic E-state index is 0.0257. The van der Waals surface area contributed by atoms with E-state index in [1.54, 1.807) is 36.4 Å². The van der Waals surface area contributed by atoms with Crippen molar-refractivity contribution in [2.75, 3.05) is 0 Å². The van der Waals surface area contributed by atoms with Crippen molar-refractivity contribution in [3.8, 4) is 5.75 Å². The van der Waals surface area contributed by atoms with E-state index in [2.05, 4.69) is 6.92 Å². The third-order valence-electron chi connectivity index (χ3n) is 3.69. The van der Waals surface area contributed by atoms with Gasteiger partial charge in [-0.3, -0.25) is 4.79 Å². The monoisotopic (exact) mass is 324 g/mol. The molecule has 0 aliphatic carbocycles. The highest BCUT2D eigenvalue weighted by atomic mass is 16.6. The molecule has 3 nitrogen and oxygen atoms in total. The summed E-state index contributed by atoms with van der Waals surface area (Å²) in [5.41, 5.74) is 1.58. The van der Waals surface area contributed by atoms with Gasteiger partial charge in [0, 0.05) is 12.0 Å². The Hall–Kier alpha value is -2.39. The maximum absolute atomic E-state index is 12.0. The fourth-order valence-corrected chi connectivity index (χ4v) is 2.31. The van der Waals surface area contributed by atoms with Gasteiger partial charge < -0.3 is 9.84 Å². The van der Waals surface area contributed by atoms with Crippen LogP contribution in [0.25, 0.3) is 6.08 Å². The molecule has 0 aliphatic heterocycles. The Morgan fingerprint density at radius 3 is 2.46 bits per heavy atom. The lowest BCUT2D eigenvalue weighted by atomic mass is 10.1. The number of carbonyl (C=O) groups is 1. The number of ketones is 1. The van der Waals surface area contributed by atoms with Crippen molar-refractivity contribution in [3.05, 3.63) is 71.8 Å². The summed E-state index contributed by atoms with van der Waals surface area (Å²) in [5.74, 6) is 0.604. The Bertz CT molecular complexity index is 645. The minimum atomic E-state index is -0.766. The number of aliphatic hydroxyl groups is 1. The Kier molecular flexibility index (Phi) is 7.24. The number of unbranched alkanes of at least 4 members (excludes halogenated alkanes) is 2. The van der Waals surface area contributed by atoms with E-state index < -0.39 is 6.29 Å². The molecule has 24 heavy (non-hydrogen) atoms. The first-order valence-corrected chi connectivity index (χ1v) is 8.41. The summed E-state index contributed by atoms with van der Waals surface area (Å²) in [5, 5.41) is 9.82. The van der Waals surface area contributed by atoms with Crippen molar-refractivity contribution < 1.29 is 14.6 Å². The van der Waals surface area contributed by atoms with E-state index in [1.807, 2.05) is 30.3 Å². The molecule has 1 N–H and O–H groups in total. The number of allylic oxidation sites excluding steroid dienone is 1. The van der Waals surface area contributed by atoms with Crippen molar-refractivity contribution in [1.82, 2.24) is 0 Å². The van der Waals surface area contributed by atoms with Gasteiger partial charge in [-0.1, -0.05) is 68.3 Å². The van der Waals surface area contributed by atoms with Crippen LogP contribution in [0.5, 0.6) is 5.75 Å². The second-order valence-electron chi connectivity index (χ2n) is 5.70. The number of ether oxygens (including phenoxy) is 1. The van der Waals surface area contributed by atoms with E-state index in [-0.39, 0.29) is 5.78 Å². The minimum Gasteiger partial charge on any atom is -0.465 e. The maximum Gasteiger partial charge on any atom is 0.197 e. The predicted octanol–water partition coefficient (Wildman–Crippen LogP) is 4.86. The Balaban J connectivity index is 1.87. The third kappa shape index (κ3) is 6.01. The van der Waals surface area contributed by atoms with Crippen LogP contribution in [0.2, 0.25) is 0 Å². The number of carbonyl (C=O) groups excluding carboxylic acids is 1. The van der Waals surface area contributed by atoms with Crippen LogP contribution in [0, 0.1) is 0 Å². The standard InChI is InChI=1S/C21H24O3/c1-2-3-5-10-21(23)24-19-14-11-17(12-15-19)13-16-20(22)18-8-6-4-7-9-18/h4,6-9,11-16,21,23H,2-3,5,10H2,1H3. The third-order valence-corrected chi connectivity index (χ3v) is 3.69. The van der Waals surface area contributed by atoms with E-state index in [0.29, 0.717) is 17.7 Å². The SMILES string of the molecule is CCCCCC(O)Oc1ccc(C=CC(=O)c2ccccc2)cc1. The first-order chi connectivity index (χ1) is 11.7. The molecular formula is C21H24O3. The van der Waals surface area contributed by atoms with E-state index in [1.165, 1.54) is 0 Å². The van der Waals surface area contributed by atoms with Crippen LogP contribution >= 0.6 is 0 Å². The van der Waals surface area contributed by atoms with Crippen molar-refractivity contribution in [2.45, 2.75) is 38.9 Å². The smallest absolute Gasteiger partial charge is 0.197 e. The molecule has 3 heteroatoms. The van der Waals surface area contributed by atoms with Gasteiger partial charge in [-0.25, -0.2) is 0 Å². The van der Waals surface area contributed by atoms with Gasteiger partial charge in [0.2, 0.25) is 0 Å². The summed E-state index contributed by atoms with van der Waals surface area (Å²) in [6.07, 6.45) is 6.38. The Labute approximate surface area is 143 Å². The maximum atomic E-state index is 12.0. The van der Waals surface area contributed by atoms with Crippen LogP contribution in [-0.4, -0.2) is 17.2 Å². The van der Waals surface area contributed by atoms with Crippen molar-refractivity contribution >= 4 is 11.9 Å². The van der Waals surface area contributed by atoms with Crippen LogP contribution in [0.3, 0.4) is 0 Å². The van der Waals surface area contributed by atoms with Crippen LogP contribution in [0.4, 0.5) is 0 Å². The molecule has 0 radical (unpaired) electrons. The summed E-state index contributed by atoms with van der Waals surface area (Å²) in [6.45, 7) is 2.13. The van der Waals surface area contributed by atoms with Gasteiger partial charge in [0.05, 0.1) is 0 Å². The van der Waals surface area contributed by atoms with Gasteiger partial charge in [0.15, 0.2) is 12.1 Å². The van der Waals surface area contributed by atoms with Crippen LogP contribution in [-0.2, 0) is 0 Å². The summed E-state index contributed by atoms with van der Waals surface area (Å²) >= 11 is 0. The topological polar surface area (TPSA) is 46.5 Å². The number of benzene rings is 2. The van der Waals surface area contributed by atoms with Gasteiger partial charge in [-0.05, 0) is 30.2 Å². The molecule has 126 valence electrons. The Morgan fingerprint density at radius 1 is 1.08 bits per heavy atom. The largest absolute Gasteiger partial charge is 0.465 e. The van der Waals surface area contributed by atoms with E-state index in [0.717, 1.165) is 24.8 Å². The summed E-state index contributed by atoms with van der Waals surface area (Å²) in [4.78, 5) is 12.0. The molecule has 0 spiro atoms. The molecule has 0 bridgehead atoms. The predicted molar refractivity (Wildman–Crippen MR) is 97.0 cm³/mol. The van der Waals surface area contributed by atoms with Crippen molar-refractivity contribution in [2.24, 2.45) is 0 Å². The molecule has 1 atom stereocenters. The first-order valence-electron chi connectivity index (χ1n) is 8.41. The molecule has 1 unspecified atom stereocenters. The molecule has 0 saturated heterocycles. The lowest BCUT2D eigenvalue weighted by molar-refractivity contribution is -0.0245. The molecule has 0 aliphatic rings. The van der Waals surface area contributed by atoms with Crippen molar-refractivity contribution in [3.63, 3.8) is 0 Å². The quantitative estimate of drug-likeness (QED) is 0.310. The fraction of sp³-hybridized carbons (Fsp3) is 0.286. The number of hydrogen-bond acceptors (Lipinski definition) is 3. The molecule has 0 amide bonds. The van der Waals surface area contributed by atoms with E-state index in [9.17, 15) is 9.90 Å². The molecule has 0 heterocycles. The van der Waals surface area contributed by atoms with Gasteiger partial charge in [0.25, 0.3) is 0 Å². The Morgan fingerprint density at radius 2 is 1.79 bits per heavy atom. The summed E-state index contributed by atoms with van der Waals surface area (Å²) < 4.78 is 5.48. The summed E-state index contributed by atoms with van der Waals surface area (Å²) in [7, 11) is 0. The van der Waals surface area contributed by atoms with Crippen LogP contribution < -0.4 is 4.74 Å². The molecule has 0 fully saturated rings. The first kappa shape index (κ1) is 18.0. The zero-order valence-electron chi connectivity index (χ0n) is 14.0. The lowest BCUT2D eigenvalue weighted by Crippen LogP contribution is -2.15. The number of rotatable bonds is 9. The molecule has 2 aromatic rings. The zero-order valence-corrected chi connectivity index (χ0v) is 14.0. The molecular weight excluding hydrogens is 300 g/mol. The normalized spacial score (nSPS) is 12.2. The second-order valence-corrected chi connectivity index (χ2v) is 5.70. The zero-order chi connectivity index (χ0) is 17.2. The molecule has 0 aromatic heterocycles. The molecule has 0 saturated carbocycles. The fourth-order valence-electron chi connectivity index (χ4n) is 2.31. The van der Waals surface area contributed by atoms with Crippen molar-refractivity contribution in [1.29, 1.82) is 0 Å². The van der Waals surface area contributed by atoms with E-state index in [4.69, 9.17) is 4.74 Å². The number of aliphatic hydroxyl groups excluding tert-OH is 1. The van der Waals surface area contributed by atoms with Gasteiger partial charge in [0.1, 0.15) is 5.75 Å². The highest BCUT2D eigenvalue weighted by Gasteiger charge is 2.05. The highest BCUT2D eigenvalue weighted by Crippen LogP contribution is 2.16. The highest BCUT2D eigenvalue weighted by molar-refractivity contribution is 6.06. The summed E-state index contributed by atoms with van der Waals surface area (Å²) in [6, 6.07) is 16.5. The van der Waals surface area contributed by atoms with Gasteiger partial charge in [-0.15, -0.1) is 0 Å². The van der Waals surface area contributed by atoms with Gasteiger partial charge >= 0.3 is 0 Å². The van der Waals surface area contributed by atoms with Crippen LogP contribution in [0.15, 0.2) is 60.7 Å². The van der Waals surface area contributed by atoms with E-state index >= 15 is 0 Å². The average Bonchev–Trinajstić information content (AvgIpc) is 2.62. The lowest BCUT2D eigenvalue weighted by Gasteiger charge is -2.13. The van der Waals surface area contributed by atoms with Gasteiger partial charge in [-0.2, -0.15) is 0 Å². The van der Waals surface area contributed by atoms with Crippen LogP contribution in [0.1, 0.15) is 48.5 Å².